The van der Waals surface area contributed by atoms with Crippen LogP contribution in [0, 0.1) is 0 Å². The van der Waals surface area contributed by atoms with Gasteiger partial charge in [-0.15, -0.1) is 0 Å². The van der Waals surface area contributed by atoms with Gasteiger partial charge in [0.2, 0.25) is 5.91 Å². The Balaban J connectivity index is 1.63. The van der Waals surface area contributed by atoms with Crippen molar-refractivity contribution in [2.24, 2.45) is 0 Å². The minimum atomic E-state index is -0.350. The Morgan fingerprint density at radius 3 is 2.53 bits per heavy atom. The average molecular weight is 487 g/mol. The zero-order valence-corrected chi connectivity index (χ0v) is 21.0. The SMILES string of the molecule is COC(=O)c1ccc2c(C3CCCCC3)c3n(c2c1)C(C(=O)N1CCOCC1)CCc1ccccc1-3. The van der Waals surface area contributed by atoms with Gasteiger partial charge in [-0.25, -0.2) is 4.79 Å². The van der Waals surface area contributed by atoms with E-state index in [1.165, 1.54) is 54.1 Å². The molecule has 3 aliphatic rings. The lowest BCUT2D eigenvalue weighted by atomic mass is 9.81. The minimum Gasteiger partial charge on any atom is -0.465 e. The molecule has 0 spiro atoms. The summed E-state index contributed by atoms with van der Waals surface area (Å²) in [5.41, 5.74) is 6.55. The maximum atomic E-state index is 14.1. The van der Waals surface area contributed by atoms with E-state index in [9.17, 15) is 9.59 Å². The molecule has 1 atom stereocenters. The monoisotopic (exact) mass is 486 g/mol. The van der Waals surface area contributed by atoms with E-state index >= 15 is 0 Å². The molecule has 6 heteroatoms. The highest BCUT2D eigenvalue weighted by molar-refractivity contribution is 6.00. The molecule has 1 saturated carbocycles. The summed E-state index contributed by atoms with van der Waals surface area (Å²) in [6.07, 6.45) is 7.65. The maximum absolute atomic E-state index is 14.1. The normalized spacial score (nSPS) is 20.5. The number of hydrogen-bond acceptors (Lipinski definition) is 4. The van der Waals surface area contributed by atoms with Crippen LogP contribution in [0.5, 0.6) is 0 Å². The van der Waals surface area contributed by atoms with E-state index in [1.54, 1.807) is 0 Å². The molecule has 1 saturated heterocycles. The summed E-state index contributed by atoms with van der Waals surface area (Å²) in [5, 5.41) is 1.17. The summed E-state index contributed by atoms with van der Waals surface area (Å²) in [5.74, 6) is 0.256. The summed E-state index contributed by atoms with van der Waals surface area (Å²) in [6.45, 7) is 2.41. The van der Waals surface area contributed by atoms with Gasteiger partial charge in [0, 0.05) is 24.0 Å². The predicted molar refractivity (Wildman–Crippen MR) is 139 cm³/mol. The molecule has 1 aromatic heterocycles. The number of carbonyl (C=O) groups excluding carboxylic acids is 2. The number of fused-ring (bicyclic) bond motifs is 5. The first-order chi connectivity index (χ1) is 17.7. The first-order valence-corrected chi connectivity index (χ1v) is 13.4. The van der Waals surface area contributed by atoms with Crippen molar-refractivity contribution >= 4 is 22.8 Å². The molecule has 0 N–H and O–H groups in total. The molecule has 3 aromatic rings. The van der Waals surface area contributed by atoms with Crippen LogP contribution in [-0.2, 0) is 20.7 Å². The number of aryl methyl sites for hydroxylation is 1. The zero-order valence-electron chi connectivity index (χ0n) is 21.0. The van der Waals surface area contributed by atoms with E-state index in [0.29, 0.717) is 37.8 Å². The molecule has 2 aliphatic heterocycles. The van der Waals surface area contributed by atoms with Crippen LogP contribution in [0.2, 0.25) is 0 Å². The number of methoxy groups -OCH3 is 1. The van der Waals surface area contributed by atoms with Gasteiger partial charge in [-0.3, -0.25) is 4.79 Å². The molecular formula is C30H34N2O4. The lowest BCUT2D eigenvalue weighted by Crippen LogP contribution is -2.44. The molecule has 188 valence electrons. The Morgan fingerprint density at radius 1 is 0.972 bits per heavy atom. The number of nitrogens with zero attached hydrogens (tertiary/aromatic N) is 2. The van der Waals surface area contributed by atoms with Crippen molar-refractivity contribution in [3.05, 3.63) is 59.2 Å². The number of carbonyl (C=O) groups is 2. The molecule has 1 amide bonds. The number of amides is 1. The molecule has 36 heavy (non-hydrogen) atoms. The number of hydrogen-bond donors (Lipinski definition) is 0. The molecule has 0 radical (unpaired) electrons. The summed E-state index contributed by atoms with van der Waals surface area (Å²) in [4.78, 5) is 28.6. The zero-order chi connectivity index (χ0) is 24.6. The van der Waals surface area contributed by atoms with Crippen LogP contribution in [0.4, 0.5) is 0 Å². The van der Waals surface area contributed by atoms with Gasteiger partial charge in [-0.05, 0) is 54.9 Å². The summed E-state index contributed by atoms with van der Waals surface area (Å²) < 4.78 is 12.9. The lowest BCUT2D eigenvalue weighted by molar-refractivity contribution is -0.138. The Hall–Kier alpha value is -3.12. The third-order valence-corrected chi connectivity index (χ3v) is 8.36. The Bertz CT molecular complexity index is 1300. The summed E-state index contributed by atoms with van der Waals surface area (Å²) >= 11 is 0. The third kappa shape index (κ3) is 3.92. The molecule has 2 aromatic carbocycles. The second kappa shape index (κ2) is 9.74. The van der Waals surface area contributed by atoms with E-state index in [1.807, 2.05) is 17.0 Å². The number of aromatic nitrogens is 1. The topological polar surface area (TPSA) is 60.8 Å². The Morgan fingerprint density at radius 2 is 1.75 bits per heavy atom. The van der Waals surface area contributed by atoms with Crippen molar-refractivity contribution < 1.29 is 19.1 Å². The molecule has 1 aliphatic carbocycles. The van der Waals surface area contributed by atoms with Gasteiger partial charge >= 0.3 is 5.97 Å². The summed E-state index contributed by atoms with van der Waals surface area (Å²) in [7, 11) is 1.42. The standard InChI is InChI=1S/C30H34N2O4/c1-35-30(34)22-11-13-24-26(19-22)32-25(29(33)31-15-17-36-18-16-31)14-12-20-7-5-6-10-23(20)28(32)27(24)21-8-3-2-4-9-21/h5-7,10-11,13,19,21,25H,2-4,8-9,12,14-18H2,1H3. The van der Waals surface area contributed by atoms with Gasteiger partial charge in [0.05, 0.1) is 37.1 Å². The second-order valence-electron chi connectivity index (χ2n) is 10.3. The fourth-order valence-electron chi connectivity index (χ4n) is 6.60. The molecule has 0 bridgehead atoms. The molecule has 6 rings (SSSR count). The van der Waals surface area contributed by atoms with E-state index in [-0.39, 0.29) is 17.9 Å². The first kappa shape index (κ1) is 23.3. The Labute approximate surface area is 212 Å². The van der Waals surface area contributed by atoms with Crippen LogP contribution in [0.25, 0.3) is 22.2 Å². The largest absolute Gasteiger partial charge is 0.465 e. The van der Waals surface area contributed by atoms with Gasteiger partial charge in [-0.1, -0.05) is 49.6 Å². The second-order valence-corrected chi connectivity index (χ2v) is 10.3. The highest BCUT2D eigenvalue weighted by atomic mass is 16.5. The van der Waals surface area contributed by atoms with Crippen molar-refractivity contribution in [1.29, 1.82) is 0 Å². The quantitative estimate of drug-likeness (QED) is 0.460. The van der Waals surface area contributed by atoms with E-state index < -0.39 is 0 Å². The highest BCUT2D eigenvalue weighted by Gasteiger charge is 2.36. The number of morpholine rings is 1. The number of rotatable bonds is 3. The van der Waals surface area contributed by atoms with E-state index in [0.717, 1.165) is 31.2 Å². The maximum Gasteiger partial charge on any atom is 0.337 e. The van der Waals surface area contributed by atoms with Gasteiger partial charge < -0.3 is 18.9 Å². The van der Waals surface area contributed by atoms with Gasteiger partial charge in [-0.2, -0.15) is 0 Å². The smallest absolute Gasteiger partial charge is 0.337 e. The van der Waals surface area contributed by atoms with Crippen molar-refractivity contribution in [2.45, 2.75) is 56.9 Å². The molecule has 1 unspecified atom stereocenters. The van der Waals surface area contributed by atoms with Crippen LogP contribution >= 0.6 is 0 Å². The summed E-state index contributed by atoms with van der Waals surface area (Å²) in [6, 6.07) is 14.2. The van der Waals surface area contributed by atoms with Crippen LogP contribution in [0.15, 0.2) is 42.5 Å². The van der Waals surface area contributed by atoms with Crippen molar-refractivity contribution in [3.8, 4) is 11.3 Å². The number of ether oxygens (including phenoxy) is 2. The minimum absolute atomic E-state index is 0.155. The van der Waals surface area contributed by atoms with Crippen LogP contribution in [-0.4, -0.2) is 54.8 Å². The van der Waals surface area contributed by atoms with Gasteiger partial charge in [0.25, 0.3) is 0 Å². The van der Waals surface area contributed by atoms with Crippen LogP contribution in [0.1, 0.15) is 72.0 Å². The van der Waals surface area contributed by atoms with E-state index in [4.69, 9.17) is 9.47 Å². The third-order valence-electron chi connectivity index (χ3n) is 8.36. The highest BCUT2D eigenvalue weighted by Crippen LogP contribution is 2.48. The fraction of sp³-hybridized carbons (Fsp3) is 0.467. The Kier molecular flexibility index (Phi) is 6.30. The van der Waals surface area contributed by atoms with Crippen molar-refractivity contribution in [2.75, 3.05) is 33.4 Å². The van der Waals surface area contributed by atoms with Gasteiger partial charge in [0.1, 0.15) is 6.04 Å². The molecular weight excluding hydrogens is 452 g/mol. The van der Waals surface area contributed by atoms with Crippen molar-refractivity contribution in [1.82, 2.24) is 9.47 Å². The first-order valence-electron chi connectivity index (χ1n) is 13.4. The molecule has 6 nitrogen and oxygen atoms in total. The van der Waals surface area contributed by atoms with Crippen LogP contribution < -0.4 is 0 Å². The lowest BCUT2D eigenvalue weighted by Gasteiger charge is -2.31. The van der Waals surface area contributed by atoms with Gasteiger partial charge in [0.15, 0.2) is 0 Å². The molecule has 3 heterocycles. The van der Waals surface area contributed by atoms with Crippen molar-refractivity contribution in [3.63, 3.8) is 0 Å². The average Bonchev–Trinajstić information content (AvgIpc) is 3.17. The fourth-order valence-corrected chi connectivity index (χ4v) is 6.60. The predicted octanol–water partition coefficient (Wildman–Crippen LogP) is 5.49. The van der Waals surface area contributed by atoms with Crippen LogP contribution in [0.3, 0.4) is 0 Å². The number of esters is 1. The van der Waals surface area contributed by atoms with E-state index in [2.05, 4.69) is 34.9 Å². The number of benzene rings is 2. The molecule has 2 fully saturated rings.